The van der Waals surface area contributed by atoms with Gasteiger partial charge in [-0.3, -0.25) is 4.79 Å². The van der Waals surface area contributed by atoms with E-state index in [1.54, 1.807) is 13.3 Å². The van der Waals surface area contributed by atoms with Gasteiger partial charge in [0.25, 0.3) is 5.91 Å². The lowest BCUT2D eigenvalue weighted by Gasteiger charge is -2.19. The van der Waals surface area contributed by atoms with Gasteiger partial charge in [0, 0.05) is 25.8 Å². The van der Waals surface area contributed by atoms with Crippen LogP contribution in [0, 0.1) is 0 Å². The van der Waals surface area contributed by atoms with E-state index in [2.05, 4.69) is 27.3 Å². The summed E-state index contributed by atoms with van der Waals surface area (Å²) in [5, 5.41) is 5.28. The molecule has 0 aliphatic carbocycles. The van der Waals surface area contributed by atoms with E-state index in [0.717, 1.165) is 53.8 Å². The van der Waals surface area contributed by atoms with Crippen molar-refractivity contribution in [1.82, 2.24) is 10.3 Å². The number of pyridine rings is 1. The highest BCUT2D eigenvalue weighted by molar-refractivity contribution is 5.99. The zero-order chi connectivity index (χ0) is 18.6. The fourth-order valence-corrected chi connectivity index (χ4v) is 3.54. The second-order valence-corrected chi connectivity index (χ2v) is 6.80. The van der Waals surface area contributed by atoms with Crippen molar-refractivity contribution < 1.29 is 9.53 Å². The molecular formula is C22H23N3O2. The number of carbonyl (C=O) groups excluding carboxylic acids is 1. The van der Waals surface area contributed by atoms with E-state index in [1.165, 1.54) is 0 Å². The summed E-state index contributed by atoms with van der Waals surface area (Å²) in [6.07, 6.45) is 4.06. The Hall–Kier alpha value is -3.08. The molecule has 2 aromatic carbocycles. The van der Waals surface area contributed by atoms with Gasteiger partial charge in [-0.15, -0.1) is 0 Å². The summed E-state index contributed by atoms with van der Waals surface area (Å²) < 4.78 is 5.27. The standard InChI is InChI=1S/C22H23N3O2/c1-27-19-9-8-17-13-16(6-7-18(17)14-19)15-24-22(26)20-5-4-10-23-21(20)25-11-2-3-12-25/h4-10,13-14H,2-3,11-12,15H2,1H3,(H,24,26). The summed E-state index contributed by atoms with van der Waals surface area (Å²) in [5.74, 6) is 1.55. The van der Waals surface area contributed by atoms with Crippen molar-refractivity contribution in [2.24, 2.45) is 0 Å². The maximum atomic E-state index is 12.7. The van der Waals surface area contributed by atoms with Crippen molar-refractivity contribution in [3.05, 3.63) is 65.9 Å². The van der Waals surface area contributed by atoms with Gasteiger partial charge >= 0.3 is 0 Å². The molecule has 0 bridgehead atoms. The second-order valence-electron chi connectivity index (χ2n) is 6.80. The first-order valence-electron chi connectivity index (χ1n) is 9.29. The molecule has 5 nitrogen and oxygen atoms in total. The smallest absolute Gasteiger partial charge is 0.255 e. The number of amides is 1. The monoisotopic (exact) mass is 361 g/mol. The second kappa shape index (κ2) is 7.66. The van der Waals surface area contributed by atoms with Gasteiger partial charge in [0.1, 0.15) is 11.6 Å². The number of hydrogen-bond acceptors (Lipinski definition) is 4. The van der Waals surface area contributed by atoms with Crippen LogP contribution < -0.4 is 15.0 Å². The predicted octanol–water partition coefficient (Wildman–Crippen LogP) is 3.77. The lowest BCUT2D eigenvalue weighted by molar-refractivity contribution is 0.0951. The number of methoxy groups -OCH3 is 1. The summed E-state index contributed by atoms with van der Waals surface area (Å²) in [7, 11) is 1.67. The predicted molar refractivity (Wildman–Crippen MR) is 107 cm³/mol. The van der Waals surface area contributed by atoms with Gasteiger partial charge in [-0.2, -0.15) is 0 Å². The van der Waals surface area contributed by atoms with Crippen LogP contribution in [-0.2, 0) is 6.54 Å². The van der Waals surface area contributed by atoms with E-state index < -0.39 is 0 Å². The van der Waals surface area contributed by atoms with E-state index in [-0.39, 0.29) is 5.91 Å². The lowest BCUT2D eigenvalue weighted by Crippen LogP contribution is -2.27. The summed E-state index contributed by atoms with van der Waals surface area (Å²) in [5.41, 5.74) is 1.71. The maximum absolute atomic E-state index is 12.7. The molecule has 1 amide bonds. The number of benzene rings is 2. The van der Waals surface area contributed by atoms with Crippen LogP contribution in [0.2, 0.25) is 0 Å². The van der Waals surface area contributed by atoms with Crippen LogP contribution >= 0.6 is 0 Å². The topological polar surface area (TPSA) is 54.5 Å². The van der Waals surface area contributed by atoms with Crippen molar-refractivity contribution in [2.45, 2.75) is 19.4 Å². The van der Waals surface area contributed by atoms with Gasteiger partial charge in [-0.25, -0.2) is 4.98 Å². The molecule has 0 radical (unpaired) electrons. The molecule has 1 saturated heterocycles. The molecule has 0 atom stereocenters. The number of nitrogens with one attached hydrogen (secondary N) is 1. The van der Waals surface area contributed by atoms with Crippen LogP contribution in [0.4, 0.5) is 5.82 Å². The Morgan fingerprint density at radius 2 is 1.89 bits per heavy atom. The van der Waals surface area contributed by atoms with Crippen molar-refractivity contribution in [2.75, 3.05) is 25.1 Å². The van der Waals surface area contributed by atoms with Crippen molar-refractivity contribution in [3.8, 4) is 5.75 Å². The Labute approximate surface area is 159 Å². The van der Waals surface area contributed by atoms with Gasteiger partial charge in [0.15, 0.2) is 0 Å². The summed E-state index contributed by atoms with van der Waals surface area (Å²) in [6, 6.07) is 15.8. The van der Waals surface area contributed by atoms with E-state index in [4.69, 9.17) is 4.74 Å². The van der Waals surface area contributed by atoms with E-state index in [1.807, 2.05) is 36.4 Å². The third-order valence-corrected chi connectivity index (χ3v) is 5.00. The Morgan fingerprint density at radius 3 is 2.70 bits per heavy atom. The highest BCUT2D eigenvalue weighted by Crippen LogP contribution is 2.23. The molecule has 1 aliphatic rings. The SMILES string of the molecule is COc1ccc2cc(CNC(=O)c3cccnc3N3CCCC3)ccc2c1. The Morgan fingerprint density at radius 1 is 1.11 bits per heavy atom. The number of hydrogen-bond donors (Lipinski definition) is 1. The van der Waals surface area contributed by atoms with E-state index in [9.17, 15) is 4.79 Å². The fraction of sp³-hybridized carbons (Fsp3) is 0.273. The largest absolute Gasteiger partial charge is 0.497 e. The minimum Gasteiger partial charge on any atom is -0.497 e. The van der Waals surface area contributed by atoms with Crippen LogP contribution in [0.3, 0.4) is 0 Å². The summed E-state index contributed by atoms with van der Waals surface area (Å²) >= 11 is 0. The highest BCUT2D eigenvalue weighted by Gasteiger charge is 2.20. The number of carbonyl (C=O) groups is 1. The Balaban J connectivity index is 1.49. The third kappa shape index (κ3) is 3.72. The highest BCUT2D eigenvalue weighted by atomic mass is 16.5. The van der Waals surface area contributed by atoms with Gasteiger partial charge < -0.3 is 15.0 Å². The molecule has 4 rings (SSSR count). The van der Waals surface area contributed by atoms with Crippen molar-refractivity contribution in [3.63, 3.8) is 0 Å². The van der Waals surface area contributed by atoms with Crippen LogP contribution in [0.5, 0.6) is 5.75 Å². The van der Waals surface area contributed by atoms with Gasteiger partial charge in [-0.05, 0) is 59.5 Å². The molecule has 0 saturated carbocycles. The van der Waals surface area contributed by atoms with Crippen LogP contribution in [0.1, 0.15) is 28.8 Å². The molecule has 138 valence electrons. The number of anilines is 1. The van der Waals surface area contributed by atoms with E-state index >= 15 is 0 Å². The quantitative estimate of drug-likeness (QED) is 0.751. The van der Waals surface area contributed by atoms with Crippen molar-refractivity contribution >= 4 is 22.5 Å². The molecule has 3 aromatic rings. The normalized spacial score (nSPS) is 13.7. The molecule has 1 aromatic heterocycles. The van der Waals surface area contributed by atoms with Gasteiger partial charge in [-0.1, -0.05) is 18.2 Å². The Bertz CT molecular complexity index is 965. The van der Waals surface area contributed by atoms with Crippen LogP contribution in [0.15, 0.2) is 54.7 Å². The zero-order valence-electron chi connectivity index (χ0n) is 15.4. The van der Waals surface area contributed by atoms with Crippen LogP contribution in [0.25, 0.3) is 10.8 Å². The minimum absolute atomic E-state index is 0.0835. The molecule has 0 spiro atoms. The fourth-order valence-electron chi connectivity index (χ4n) is 3.54. The molecule has 27 heavy (non-hydrogen) atoms. The molecule has 2 heterocycles. The molecular weight excluding hydrogens is 338 g/mol. The average Bonchev–Trinajstić information content (AvgIpc) is 3.26. The zero-order valence-corrected chi connectivity index (χ0v) is 15.4. The number of ether oxygens (including phenoxy) is 1. The van der Waals surface area contributed by atoms with Gasteiger partial charge in [0.2, 0.25) is 0 Å². The summed E-state index contributed by atoms with van der Waals surface area (Å²) in [4.78, 5) is 19.4. The molecule has 1 fully saturated rings. The number of rotatable bonds is 5. The first-order valence-corrected chi connectivity index (χ1v) is 9.29. The minimum atomic E-state index is -0.0835. The first-order chi connectivity index (χ1) is 13.2. The molecule has 0 unspecified atom stereocenters. The first kappa shape index (κ1) is 17.3. The summed E-state index contributed by atoms with van der Waals surface area (Å²) in [6.45, 7) is 2.41. The van der Waals surface area contributed by atoms with Crippen LogP contribution in [-0.4, -0.2) is 31.1 Å². The maximum Gasteiger partial charge on any atom is 0.255 e. The van der Waals surface area contributed by atoms with E-state index in [0.29, 0.717) is 12.1 Å². The number of fused-ring (bicyclic) bond motifs is 1. The molecule has 1 aliphatic heterocycles. The molecule has 5 heteroatoms. The lowest BCUT2D eigenvalue weighted by atomic mass is 10.1. The van der Waals surface area contributed by atoms with Gasteiger partial charge in [0.05, 0.1) is 12.7 Å². The number of nitrogens with zero attached hydrogens (tertiary/aromatic N) is 2. The number of aromatic nitrogens is 1. The molecule has 1 N–H and O–H groups in total. The Kier molecular flexibility index (Phi) is 4.92. The third-order valence-electron chi connectivity index (χ3n) is 5.00. The van der Waals surface area contributed by atoms with Crippen molar-refractivity contribution in [1.29, 1.82) is 0 Å². The average molecular weight is 361 g/mol.